The lowest BCUT2D eigenvalue weighted by molar-refractivity contribution is 0.351. The highest BCUT2D eigenvalue weighted by molar-refractivity contribution is 5.96. The Balaban J connectivity index is 1.67. The molecular weight excluding hydrogens is 314 g/mol. The smallest absolute Gasteiger partial charge is 0.145 e. The summed E-state index contributed by atoms with van der Waals surface area (Å²) in [6, 6.07) is 6.16. The van der Waals surface area contributed by atoms with Crippen LogP contribution in [0.25, 0.3) is 10.9 Å². The van der Waals surface area contributed by atoms with Gasteiger partial charge in [0, 0.05) is 31.2 Å². The number of methoxy groups -OCH3 is 1. The zero-order chi connectivity index (χ0) is 17.2. The Morgan fingerprint density at radius 3 is 3.04 bits per heavy atom. The number of ether oxygens (including phenoxy) is 1. The Labute approximate surface area is 147 Å². The molecule has 6 heteroatoms. The van der Waals surface area contributed by atoms with E-state index in [9.17, 15) is 0 Å². The Kier molecular flexibility index (Phi) is 4.26. The zero-order valence-corrected chi connectivity index (χ0v) is 14.7. The summed E-state index contributed by atoms with van der Waals surface area (Å²) < 4.78 is 7.44. The van der Waals surface area contributed by atoms with E-state index in [2.05, 4.69) is 33.0 Å². The lowest BCUT2D eigenvalue weighted by atomic mass is 9.96. The minimum atomic E-state index is 0.573. The molecule has 0 amide bonds. The minimum Gasteiger partial charge on any atom is -0.494 e. The first kappa shape index (κ1) is 15.9. The lowest BCUT2D eigenvalue weighted by Gasteiger charge is -2.36. The van der Waals surface area contributed by atoms with Gasteiger partial charge in [-0.15, -0.1) is 0 Å². The van der Waals surface area contributed by atoms with Crippen molar-refractivity contribution in [3.63, 3.8) is 0 Å². The number of para-hydroxylation sites is 1. The van der Waals surface area contributed by atoms with Gasteiger partial charge in [0.1, 0.15) is 23.9 Å². The van der Waals surface area contributed by atoms with Gasteiger partial charge in [0.15, 0.2) is 0 Å². The number of piperidine rings is 1. The third-order valence-electron chi connectivity index (χ3n) is 4.98. The monoisotopic (exact) mass is 337 g/mol. The quantitative estimate of drug-likeness (QED) is 0.732. The maximum Gasteiger partial charge on any atom is 0.145 e. The van der Waals surface area contributed by atoms with Gasteiger partial charge in [-0.3, -0.25) is 9.67 Å². The summed E-state index contributed by atoms with van der Waals surface area (Å²) in [4.78, 5) is 11.2. The number of hydrogen-bond donors (Lipinski definition) is 0. The van der Waals surface area contributed by atoms with Gasteiger partial charge in [0.2, 0.25) is 0 Å². The van der Waals surface area contributed by atoms with Crippen LogP contribution in [-0.4, -0.2) is 39.9 Å². The Hall–Kier alpha value is -2.63. The number of anilines is 1. The van der Waals surface area contributed by atoms with Crippen LogP contribution in [0.4, 0.5) is 5.69 Å². The van der Waals surface area contributed by atoms with Crippen LogP contribution in [0.5, 0.6) is 5.75 Å². The van der Waals surface area contributed by atoms with Crippen molar-refractivity contribution < 1.29 is 4.74 Å². The van der Waals surface area contributed by atoms with E-state index in [0.717, 1.165) is 30.9 Å². The number of benzene rings is 1. The first-order valence-electron chi connectivity index (χ1n) is 8.76. The number of hydrogen-bond acceptors (Lipinski definition) is 5. The molecule has 1 unspecified atom stereocenters. The van der Waals surface area contributed by atoms with Gasteiger partial charge in [-0.05, 0) is 37.3 Å². The van der Waals surface area contributed by atoms with Crippen molar-refractivity contribution >= 4 is 16.6 Å². The van der Waals surface area contributed by atoms with Crippen LogP contribution in [0.2, 0.25) is 0 Å². The maximum atomic E-state index is 5.50. The van der Waals surface area contributed by atoms with Crippen LogP contribution in [0.1, 0.15) is 18.4 Å². The molecule has 0 radical (unpaired) electrons. The Morgan fingerprint density at radius 1 is 1.32 bits per heavy atom. The third-order valence-corrected chi connectivity index (χ3v) is 4.98. The topological polar surface area (TPSA) is 56.1 Å². The molecule has 2 aromatic heterocycles. The van der Waals surface area contributed by atoms with E-state index < -0.39 is 0 Å². The van der Waals surface area contributed by atoms with Crippen molar-refractivity contribution in [2.45, 2.75) is 26.3 Å². The summed E-state index contributed by atoms with van der Waals surface area (Å²) in [5, 5.41) is 5.43. The molecule has 25 heavy (non-hydrogen) atoms. The second-order valence-electron chi connectivity index (χ2n) is 6.72. The average molecular weight is 337 g/mol. The SMILES string of the molecule is COc1cccc2c(N3CCCC(Cn4cncn4)C3)c(C)cnc12. The number of aryl methyl sites for hydroxylation is 1. The van der Waals surface area contributed by atoms with Gasteiger partial charge in [-0.25, -0.2) is 4.98 Å². The first-order chi connectivity index (χ1) is 12.3. The molecule has 1 fully saturated rings. The van der Waals surface area contributed by atoms with Crippen LogP contribution in [0.3, 0.4) is 0 Å². The predicted octanol–water partition coefficient (Wildman–Crippen LogP) is 3.06. The van der Waals surface area contributed by atoms with Gasteiger partial charge in [0.25, 0.3) is 0 Å². The van der Waals surface area contributed by atoms with Crippen LogP contribution in [0, 0.1) is 12.8 Å². The number of nitrogens with zero attached hydrogens (tertiary/aromatic N) is 5. The fourth-order valence-corrected chi connectivity index (χ4v) is 3.87. The molecule has 130 valence electrons. The van der Waals surface area contributed by atoms with Gasteiger partial charge >= 0.3 is 0 Å². The highest BCUT2D eigenvalue weighted by Crippen LogP contribution is 2.35. The first-order valence-corrected chi connectivity index (χ1v) is 8.76. The summed E-state index contributed by atoms with van der Waals surface area (Å²) in [6.07, 6.45) is 7.78. The van der Waals surface area contributed by atoms with Crippen molar-refractivity contribution in [1.29, 1.82) is 0 Å². The molecule has 1 atom stereocenters. The molecular formula is C19H23N5O. The van der Waals surface area contributed by atoms with Crippen LogP contribution in [-0.2, 0) is 6.54 Å². The van der Waals surface area contributed by atoms with E-state index in [0.29, 0.717) is 5.92 Å². The van der Waals surface area contributed by atoms with Crippen molar-refractivity contribution in [3.8, 4) is 5.75 Å². The maximum absolute atomic E-state index is 5.50. The number of aromatic nitrogens is 4. The molecule has 1 aromatic carbocycles. The molecule has 6 nitrogen and oxygen atoms in total. The molecule has 3 aromatic rings. The van der Waals surface area contributed by atoms with Gasteiger partial charge < -0.3 is 9.64 Å². The molecule has 1 aliphatic rings. The van der Waals surface area contributed by atoms with Crippen LogP contribution >= 0.6 is 0 Å². The molecule has 4 rings (SSSR count). The number of rotatable bonds is 4. The Morgan fingerprint density at radius 2 is 2.24 bits per heavy atom. The molecule has 1 saturated heterocycles. The summed E-state index contributed by atoms with van der Waals surface area (Å²) >= 11 is 0. The second-order valence-corrected chi connectivity index (χ2v) is 6.72. The van der Waals surface area contributed by atoms with Crippen molar-refractivity contribution in [3.05, 3.63) is 42.6 Å². The van der Waals surface area contributed by atoms with E-state index >= 15 is 0 Å². The summed E-state index contributed by atoms with van der Waals surface area (Å²) in [5.41, 5.74) is 3.43. The third kappa shape index (κ3) is 3.04. The van der Waals surface area contributed by atoms with E-state index in [1.807, 2.05) is 23.0 Å². The highest BCUT2D eigenvalue weighted by Gasteiger charge is 2.24. The van der Waals surface area contributed by atoms with Crippen LogP contribution < -0.4 is 9.64 Å². The van der Waals surface area contributed by atoms with E-state index in [4.69, 9.17) is 4.74 Å². The summed E-state index contributed by atoms with van der Waals surface area (Å²) in [6.45, 7) is 5.16. The molecule has 0 spiro atoms. The fourth-order valence-electron chi connectivity index (χ4n) is 3.87. The number of pyridine rings is 1. The average Bonchev–Trinajstić information content (AvgIpc) is 3.14. The molecule has 3 heterocycles. The van der Waals surface area contributed by atoms with Gasteiger partial charge in [0.05, 0.1) is 12.8 Å². The molecule has 0 N–H and O–H groups in total. The zero-order valence-electron chi connectivity index (χ0n) is 14.7. The fraction of sp³-hybridized carbons (Fsp3) is 0.421. The largest absolute Gasteiger partial charge is 0.494 e. The van der Waals surface area contributed by atoms with Crippen LogP contribution in [0.15, 0.2) is 37.1 Å². The second kappa shape index (κ2) is 6.70. The van der Waals surface area contributed by atoms with E-state index in [-0.39, 0.29) is 0 Å². The van der Waals surface area contributed by atoms with Crippen molar-refractivity contribution in [1.82, 2.24) is 19.7 Å². The highest BCUT2D eigenvalue weighted by atomic mass is 16.5. The molecule has 0 saturated carbocycles. The summed E-state index contributed by atoms with van der Waals surface area (Å²) in [7, 11) is 1.70. The number of fused-ring (bicyclic) bond motifs is 1. The molecule has 0 bridgehead atoms. The van der Waals surface area contributed by atoms with Crippen molar-refractivity contribution in [2.75, 3.05) is 25.1 Å². The molecule has 1 aliphatic heterocycles. The van der Waals surface area contributed by atoms with E-state index in [1.54, 1.807) is 19.8 Å². The normalized spacial score (nSPS) is 17.8. The summed E-state index contributed by atoms with van der Waals surface area (Å²) in [5.74, 6) is 1.40. The van der Waals surface area contributed by atoms with Crippen molar-refractivity contribution in [2.24, 2.45) is 5.92 Å². The Bertz CT molecular complexity index is 862. The predicted molar refractivity (Wildman–Crippen MR) is 98.0 cm³/mol. The lowest BCUT2D eigenvalue weighted by Crippen LogP contribution is -2.37. The molecule has 0 aliphatic carbocycles. The van der Waals surface area contributed by atoms with E-state index in [1.165, 1.54) is 29.5 Å². The minimum absolute atomic E-state index is 0.573. The van der Waals surface area contributed by atoms with Gasteiger partial charge in [-0.1, -0.05) is 12.1 Å². The van der Waals surface area contributed by atoms with Gasteiger partial charge in [-0.2, -0.15) is 5.10 Å². The standard InChI is InChI=1S/C19H23N5O/c1-14-9-21-18-16(6-3-7-17(18)25-2)19(14)23-8-4-5-15(10-23)11-24-13-20-12-22-24/h3,6-7,9,12-13,15H,4-5,8,10-11H2,1-2H3.